The molecule has 2 aromatic rings. The maximum atomic E-state index is 13.4. The van der Waals surface area contributed by atoms with Gasteiger partial charge in [0.2, 0.25) is 0 Å². The molecule has 0 saturated heterocycles. The predicted molar refractivity (Wildman–Crippen MR) is 68.7 cm³/mol. The summed E-state index contributed by atoms with van der Waals surface area (Å²) in [5.41, 5.74) is -0.445. The number of carbonyl (C=O) groups is 2. The van der Waals surface area contributed by atoms with Gasteiger partial charge in [-0.2, -0.15) is 0 Å². The van der Waals surface area contributed by atoms with Gasteiger partial charge in [-0.15, -0.1) is 0 Å². The van der Waals surface area contributed by atoms with Crippen LogP contribution in [0.25, 0.3) is 0 Å². The third-order valence-corrected chi connectivity index (χ3v) is 2.71. The van der Waals surface area contributed by atoms with Gasteiger partial charge in [0.1, 0.15) is 17.3 Å². The monoisotopic (exact) mass is 292 g/mol. The van der Waals surface area contributed by atoms with E-state index < -0.39 is 23.5 Å². The molecule has 0 aliphatic heterocycles. The van der Waals surface area contributed by atoms with Crippen LogP contribution in [0.1, 0.15) is 26.4 Å². The van der Waals surface area contributed by atoms with E-state index in [0.717, 1.165) is 6.07 Å². The Bertz CT molecular complexity index is 704. The molecule has 1 amide bonds. The fraction of sp³-hybridized carbons (Fsp3) is 0.0714. The number of benzene rings is 1. The Morgan fingerprint density at radius 1 is 1.24 bits per heavy atom. The molecule has 2 N–H and O–H groups in total. The first-order chi connectivity index (χ1) is 9.99. The number of nitrogens with zero attached hydrogens (tertiary/aromatic N) is 1. The molecule has 0 fully saturated rings. The third-order valence-electron chi connectivity index (χ3n) is 2.71. The van der Waals surface area contributed by atoms with Crippen LogP contribution >= 0.6 is 0 Å². The van der Waals surface area contributed by atoms with Gasteiger partial charge in [0.05, 0.1) is 5.56 Å². The smallest absolute Gasteiger partial charge is 0.338 e. The molecule has 21 heavy (non-hydrogen) atoms. The number of pyridine rings is 1. The Balaban J connectivity index is 2.14. The molecule has 2 rings (SSSR count). The van der Waals surface area contributed by atoms with Crippen LogP contribution in [-0.2, 0) is 6.54 Å². The number of hydrogen-bond donors (Lipinski definition) is 2. The predicted octanol–water partition coefficient (Wildman–Crippen LogP) is 1.99. The molecule has 0 radical (unpaired) electrons. The molecular weight excluding hydrogens is 282 g/mol. The van der Waals surface area contributed by atoms with Crippen molar-refractivity contribution in [2.75, 3.05) is 0 Å². The van der Waals surface area contributed by atoms with Gasteiger partial charge in [-0.05, 0) is 18.2 Å². The van der Waals surface area contributed by atoms with Crippen LogP contribution in [-0.4, -0.2) is 22.0 Å². The number of aromatic carboxylic acids is 1. The van der Waals surface area contributed by atoms with Crippen LogP contribution in [0.15, 0.2) is 36.5 Å². The Morgan fingerprint density at radius 3 is 2.67 bits per heavy atom. The number of carboxylic acids is 1. The minimum atomic E-state index is -1.29. The topological polar surface area (TPSA) is 79.3 Å². The van der Waals surface area contributed by atoms with E-state index in [2.05, 4.69) is 10.3 Å². The van der Waals surface area contributed by atoms with Crippen molar-refractivity contribution in [2.45, 2.75) is 6.54 Å². The van der Waals surface area contributed by atoms with Gasteiger partial charge >= 0.3 is 5.97 Å². The summed E-state index contributed by atoms with van der Waals surface area (Å²) in [4.78, 5) is 26.6. The number of nitrogens with one attached hydrogen (secondary N) is 1. The van der Waals surface area contributed by atoms with E-state index in [4.69, 9.17) is 5.11 Å². The van der Waals surface area contributed by atoms with Crippen LogP contribution in [0.3, 0.4) is 0 Å². The molecular formula is C14H10F2N2O3. The summed E-state index contributed by atoms with van der Waals surface area (Å²) >= 11 is 0. The Kier molecular flexibility index (Phi) is 4.22. The third kappa shape index (κ3) is 3.38. The van der Waals surface area contributed by atoms with Gasteiger partial charge in [0.25, 0.3) is 5.91 Å². The van der Waals surface area contributed by atoms with Gasteiger partial charge in [-0.25, -0.2) is 13.6 Å². The Hall–Kier alpha value is -2.83. The highest BCUT2D eigenvalue weighted by atomic mass is 19.1. The molecule has 0 spiro atoms. The quantitative estimate of drug-likeness (QED) is 0.903. The Morgan fingerprint density at radius 2 is 2.00 bits per heavy atom. The van der Waals surface area contributed by atoms with Crippen LogP contribution in [0.5, 0.6) is 0 Å². The lowest BCUT2D eigenvalue weighted by atomic mass is 10.1. The lowest BCUT2D eigenvalue weighted by Crippen LogP contribution is -2.26. The zero-order valence-electron chi connectivity index (χ0n) is 10.6. The summed E-state index contributed by atoms with van der Waals surface area (Å²) in [6, 6.07) is 5.59. The molecule has 0 bridgehead atoms. The standard InChI is InChI=1S/C14H10F2N2O3/c15-9-4-3-8(11(16)6-9)7-18-13(19)12-10(14(20)21)2-1-5-17-12/h1-6H,7H2,(H,18,19)(H,20,21). The molecule has 1 aromatic carbocycles. The van der Waals surface area contributed by atoms with Gasteiger partial charge in [0.15, 0.2) is 0 Å². The number of carboxylic acid groups (broad SMARTS) is 1. The zero-order chi connectivity index (χ0) is 15.4. The minimum Gasteiger partial charge on any atom is -0.478 e. The normalized spacial score (nSPS) is 10.2. The average Bonchev–Trinajstić information content (AvgIpc) is 2.46. The molecule has 0 saturated carbocycles. The summed E-state index contributed by atoms with van der Waals surface area (Å²) < 4.78 is 26.2. The number of aromatic nitrogens is 1. The van der Waals surface area contributed by atoms with Gasteiger partial charge in [-0.3, -0.25) is 9.78 Å². The van der Waals surface area contributed by atoms with Crippen LogP contribution in [0.2, 0.25) is 0 Å². The van der Waals surface area contributed by atoms with E-state index in [0.29, 0.717) is 6.07 Å². The highest BCUT2D eigenvalue weighted by Gasteiger charge is 2.17. The van der Waals surface area contributed by atoms with Crippen molar-refractivity contribution in [2.24, 2.45) is 0 Å². The van der Waals surface area contributed by atoms with Crippen molar-refractivity contribution < 1.29 is 23.5 Å². The SMILES string of the molecule is O=C(O)c1cccnc1C(=O)NCc1ccc(F)cc1F. The lowest BCUT2D eigenvalue weighted by Gasteiger charge is -2.07. The van der Waals surface area contributed by atoms with Crippen molar-refractivity contribution in [3.8, 4) is 0 Å². The van der Waals surface area contributed by atoms with Crippen LogP contribution < -0.4 is 5.32 Å². The van der Waals surface area contributed by atoms with E-state index in [-0.39, 0.29) is 23.4 Å². The summed E-state index contributed by atoms with van der Waals surface area (Å²) in [7, 11) is 0. The zero-order valence-corrected chi connectivity index (χ0v) is 10.6. The first kappa shape index (κ1) is 14.6. The second kappa shape index (κ2) is 6.08. The van der Waals surface area contributed by atoms with E-state index in [9.17, 15) is 18.4 Å². The van der Waals surface area contributed by atoms with E-state index in [1.165, 1.54) is 24.4 Å². The highest BCUT2D eigenvalue weighted by molar-refractivity contribution is 6.03. The molecule has 108 valence electrons. The van der Waals surface area contributed by atoms with Crippen molar-refractivity contribution >= 4 is 11.9 Å². The van der Waals surface area contributed by atoms with Crippen molar-refractivity contribution in [3.63, 3.8) is 0 Å². The number of amides is 1. The molecule has 0 unspecified atom stereocenters. The van der Waals surface area contributed by atoms with Crippen LogP contribution in [0.4, 0.5) is 8.78 Å². The van der Waals surface area contributed by atoms with Gasteiger partial charge in [0, 0.05) is 24.4 Å². The molecule has 1 aromatic heterocycles. The summed E-state index contributed by atoms with van der Waals surface area (Å²) in [5, 5.41) is 11.3. The molecule has 0 atom stereocenters. The lowest BCUT2D eigenvalue weighted by molar-refractivity contribution is 0.0690. The van der Waals surface area contributed by atoms with Gasteiger partial charge in [-0.1, -0.05) is 6.07 Å². The molecule has 1 heterocycles. The van der Waals surface area contributed by atoms with Crippen molar-refractivity contribution in [1.29, 1.82) is 0 Å². The molecule has 0 aliphatic rings. The van der Waals surface area contributed by atoms with Crippen molar-refractivity contribution in [1.82, 2.24) is 10.3 Å². The fourth-order valence-corrected chi connectivity index (χ4v) is 1.68. The number of carbonyl (C=O) groups excluding carboxylic acids is 1. The van der Waals surface area contributed by atoms with E-state index in [1.807, 2.05) is 0 Å². The van der Waals surface area contributed by atoms with Crippen molar-refractivity contribution in [3.05, 3.63) is 65.0 Å². The second-order valence-electron chi connectivity index (χ2n) is 4.12. The van der Waals surface area contributed by atoms with E-state index in [1.54, 1.807) is 0 Å². The van der Waals surface area contributed by atoms with E-state index >= 15 is 0 Å². The Labute approximate surface area is 118 Å². The number of hydrogen-bond acceptors (Lipinski definition) is 3. The maximum Gasteiger partial charge on any atom is 0.338 e. The average molecular weight is 292 g/mol. The summed E-state index contributed by atoms with van der Waals surface area (Å²) in [6.45, 7) is -0.208. The van der Waals surface area contributed by atoms with Gasteiger partial charge < -0.3 is 10.4 Å². The van der Waals surface area contributed by atoms with Crippen LogP contribution in [0, 0.1) is 11.6 Å². The maximum absolute atomic E-state index is 13.4. The summed E-state index contributed by atoms with van der Waals surface area (Å²) in [6.07, 6.45) is 1.28. The number of halogens is 2. The largest absolute Gasteiger partial charge is 0.478 e. The first-order valence-electron chi connectivity index (χ1n) is 5.89. The minimum absolute atomic E-state index is 0.0811. The highest BCUT2D eigenvalue weighted by Crippen LogP contribution is 2.10. The second-order valence-corrected chi connectivity index (χ2v) is 4.12. The molecule has 5 nitrogen and oxygen atoms in total. The first-order valence-corrected chi connectivity index (χ1v) is 5.89. The molecule has 0 aliphatic carbocycles. The fourth-order valence-electron chi connectivity index (χ4n) is 1.68. The summed E-state index contributed by atoms with van der Waals surface area (Å²) in [5.74, 6) is -3.56. The number of rotatable bonds is 4. The molecule has 7 heteroatoms.